The van der Waals surface area contributed by atoms with Crippen LogP contribution in [0.1, 0.15) is 43.7 Å². The molecule has 3 rings (SSSR count). The van der Waals surface area contributed by atoms with E-state index < -0.39 is 10.0 Å². The van der Waals surface area contributed by atoms with Crippen molar-refractivity contribution in [2.24, 2.45) is 0 Å². The largest absolute Gasteiger partial charge is 0.484 e. The maximum Gasteiger partial charge on any atom is 0.262 e. The van der Waals surface area contributed by atoms with E-state index in [1.807, 2.05) is 32.0 Å². The number of hydrogen-bond donors (Lipinski definition) is 1. The molecule has 0 unspecified atom stereocenters. The normalized spacial score (nSPS) is 15.4. The number of sulfonamides is 1. The summed E-state index contributed by atoms with van der Waals surface area (Å²) in [4.78, 5) is 12.6. The molecule has 2 aromatic carbocycles. The van der Waals surface area contributed by atoms with Crippen molar-refractivity contribution in [3.05, 3.63) is 53.6 Å². The number of nitrogens with one attached hydrogen (secondary N) is 1. The van der Waals surface area contributed by atoms with Gasteiger partial charge in [0.15, 0.2) is 6.61 Å². The molecule has 0 spiro atoms. The first-order valence-electron chi connectivity index (χ1n) is 10.5. The fourth-order valence-corrected chi connectivity index (χ4v) is 5.18. The summed E-state index contributed by atoms with van der Waals surface area (Å²) in [6, 6.07) is 12.2. The first kappa shape index (κ1) is 22.3. The molecule has 1 fully saturated rings. The summed E-state index contributed by atoms with van der Waals surface area (Å²) in [6.07, 6.45) is 4.77. The number of nitrogens with zero attached hydrogens (tertiary/aromatic N) is 1. The standard InChI is InChI=1S/C23H30N2O4S/c1-3-19-10-8-9-18(2)23(19)24-22(26)17-29-20-11-13-21(14-12-20)30(27,28)25-15-6-4-5-7-16-25/h8-14H,3-7,15-17H2,1-2H3,(H,24,26). The zero-order valence-corrected chi connectivity index (χ0v) is 18.5. The second-order valence-electron chi connectivity index (χ2n) is 7.59. The van der Waals surface area contributed by atoms with Crippen LogP contribution in [-0.4, -0.2) is 38.3 Å². The van der Waals surface area contributed by atoms with Crippen molar-refractivity contribution in [3.8, 4) is 5.75 Å². The molecule has 1 N–H and O–H groups in total. The van der Waals surface area contributed by atoms with Crippen LogP contribution < -0.4 is 10.1 Å². The molecule has 0 radical (unpaired) electrons. The first-order valence-corrected chi connectivity index (χ1v) is 12.0. The topological polar surface area (TPSA) is 75.7 Å². The van der Waals surface area contributed by atoms with Gasteiger partial charge in [0, 0.05) is 18.8 Å². The number of anilines is 1. The Morgan fingerprint density at radius 2 is 1.70 bits per heavy atom. The van der Waals surface area contributed by atoms with Gasteiger partial charge in [-0.05, 0) is 61.6 Å². The van der Waals surface area contributed by atoms with Gasteiger partial charge in [0.2, 0.25) is 10.0 Å². The van der Waals surface area contributed by atoms with Gasteiger partial charge in [0.05, 0.1) is 4.90 Å². The Hall–Kier alpha value is -2.38. The van der Waals surface area contributed by atoms with Crippen molar-refractivity contribution in [1.29, 1.82) is 0 Å². The Balaban J connectivity index is 1.60. The maximum atomic E-state index is 12.8. The van der Waals surface area contributed by atoms with Gasteiger partial charge in [-0.25, -0.2) is 8.42 Å². The Morgan fingerprint density at radius 3 is 2.33 bits per heavy atom. The summed E-state index contributed by atoms with van der Waals surface area (Å²) in [6.45, 7) is 5.00. The van der Waals surface area contributed by atoms with E-state index in [1.165, 1.54) is 0 Å². The monoisotopic (exact) mass is 430 g/mol. The lowest BCUT2D eigenvalue weighted by Crippen LogP contribution is -2.31. The Kier molecular flexibility index (Phi) is 7.50. The van der Waals surface area contributed by atoms with Crippen molar-refractivity contribution in [2.75, 3.05) is 25.0 Å². The van der Waals surface area contributed by atoms with Crippen LogP contribution in [0, 0.1) is 6.92 Å². The first-order chi connectivity index (χ1) is 14.4. The number of amides is 1. The highest BCUT2D eigenvalue weighted by Crippen LogP contribution is 2.23. The van der Waals surface area contributed by atoms with Crippen molar-refractivity contribution < 1.29 is 17.9 Å². The van der Waals surface area contributed by atoms with Crippen LogP contribution in [0.2, 0.25) is 0 Å². The second kappa shape index (κ2) is 10.1. The van der Waals surface area contributed by atoms with Crippen molar-refractivity contribution in [2.45, 2.75) is 50.8 Å². The lowest BCUT2D eigenvalue weighted by Gasteiger charge is -2.20. The van der Waals surface area contributed by atoms with Crippen LogP contribution in [0.4, 0.5) is 5.69 Å². The Morgan fingerprint density at radius 1 is 1.03 bits per heavy atom. The molecule has 0 aliphatic carbocycles. The molecular formula is C23H30N2O4S. The third kappa shape index (κ3) is 5.40. The molecule has 7 heteroatoms. The number of rotatable bonds is 7. The van der Waals surface area contributed by atoms with E-state index in [-0.39, 0.29) is 17.4 Å². The van der Waals surface area contributed by atoms with E-state index in [2.05, 4.69) is 5.32 Å². The minimum absolute atomic E-state index is 0.143. The molecule has 162 valence electrons. The van der Waals surface area contributed by atoms with Crippen LogP contribution in [-0.2, 0) is 21.2 Å². The van der Waals surface area contributed by atoms with Gasteiger partial charge in [0.25, 0.3) is 5.91 Å². The number of ether oxygens (including phenoxy) is 1. The molecule has 30 heavy (non-hydrogen) atoms. The molecular weight excluding hydrogens is 400 g/mol. The molecule has 1 aliphatic heterocycles. The van der Waals surface area contributed by atoms with E-state index in [4.69, 9.17) is 4.74 Å². The van der Waals surface area contributed by atoms with Crippen LogP contribution in [0.25, 0.3) is 0 Å². The van der Waals surface area contributed by atoms with E-state index in [9.17, 15) is 13.2 Å². The highest BCUT2D eigenvalue weighted by Gasteiger charge is 2.25. The van der Waals surface area contributed by atoms with Crippen molar-refractivity contribution in [3.63, 3.8) is 0 Å². The predicted octanol–water partition coefficient (Wildman–Crippen LogP) is 4.14. The van der Waals surface area contributed by atoms with Crippen LogP contribution in [0.3, 0.4) is 0 Å². The fourth-order valence-electron chi connectivity index (χ4n) is 3.67. The van der Waals surface area contributed by atoms with E-state index in [0.717, 1.165) is 48.9 Å². The van der Waals surface area contributed by atoms with E-state index >= 15 is 0 Å². The maximum absolute atomic E-state index is 12.8. The third-order valence-electron chi connectivity index (χ3n) is 5.40. The lowest BCUT2D eigenvalue weighted by atomic mass is 10.1. The smallest absolute Gasteiger partial charge is 0.262 e. The van der Waals surface area contributed by atoms with Gasteiger partial charge in [-0.3, -0.25) is 4.79 Å². The molecule has 2 aromatic rings. The minimum atomic E-state index is -3.49. The predicted molar refractivity (Wildman–Crippen MR) is 118 cm³/mol. The number of hydrogen-bond acceptors (Lipinski definition) is 4. The zero-order chi connectivity index (χ0) is 21.6. The molecule has 0 saturated carbocycles. The summed E-state index contributed by atoms with van der Waals surface area (Å²) in [7, 11) is -3.49. The zero-order valence-electron chi connectivity index (χ0n) is 17.7. The summed E-state index contributed by atoms with van der Waals surface area (Å²) in [5, 5.41) is 2.92. The van der Waals surface area contributed by atoms with Crippen LogP contribution in [0.15, 0.2) is 47.4 Å². The Labute approximate surface area is 179 Å². The van der Waals surface area contributed by atoms with Crippen molar-refractivity contribution >= 4 is 21.6 Å². The minimum Gasteiger partial charge on any atom is -0.484 e. The van der Waals surface area contributed by atoms with Crippen molar-refractivity contribution in [1.82, 2.24) is 4.31 Å². The second-order valence-corrected chi connectivity index (χ2v) is 9.53. The van der Waals surface area contributed by atoms with Crippen LogP contribution >= 0.6 is 0 Å². The van der Waals surface area contributed by atoms with Crippen LogP contribution in [0.5, 0.6) is 5.75 Å². The van der Waals surface area contributed by atoms with Gasteiger partial charge in [0.1, 0.15) is 5.75 Å². The summed E-state index contributed by atoms with van der Waals surface area (Å²) >= 11 is 0. The van der Waals surface area contributed by atoms with Gasteiger partial charge in [-0.1, -0.05) is 38.0 Å². The molecule has 1 aliphatic rings. The molecule has 0 bridgehead atoms. The summed E-state index contributed by atoms with van der Waals surface area (Å²) in [5.41, 5.74) is 2.91. The molecule has 6 nitrogen and oxygen atoms in total. The average molecular weight is 431 g/mol. The Bertz CT molecular complexity index is 963. The van der Waals surface area contributed by atoms with Gasteiger partial charge < -0.3 is 10.1 Å². The highest BCUT2D eigenvalue weighted by molar-refractivity contribution is 7.89. The number of carbonyl (C=O) groups is 1. The molecule has 1 amide bonds. The number of benzene rings is 2. The van der Waals surface area contributed by atoms with Gasteiger partial charge in [-0.2, -0.15) is 4.31 Å². The molecule has 1 heterocycles. The van der Waals surface area contributed by atoms with E-state index in [0.29, 0.717) is 18.8 Å². The molecule has 1 saturated heterocycles. The molecule has 0 atom stereocenters. The quantitative estimate of drug-likeness (QED) is 0.716. The van der Waals surface area contributed by atoms with Gasteiger partial charge in [-0.15, -0.1) is 0 Å². The van der Waals surface area contributed by atoms with Gasteiger partial charge >= 0.3 is 0 Å². The van der Waals surface area contributed by atoms with E-state index in [1.54, 1.807) is 28.6 Å². The third-order valence-corrected chi connectivity index (χ3v) is 7.31. The average Bonchev–Trinajstić information content (AvgIpc) is 3.04. The molecule has 0 aromatic heterocycles. The summed E-state index contributed by atoms with van der Waals surface area (Å²) in [5.74, 6) is 0.209. The number of aryl methyl sites for hydroxylation is 2. The summed E-state index contributed by atoms with van der Waals surface area (Å²) < 4.78 is 32.8. The SMILES string of the molecule is CCc1cccc(C)c1NC(=O)COc1ccc(S(=O)(=O)N2CCCCCC2)cc1. The fraction of sp³-hybridized carbons (Fsp3) is 0.435. The number of para-hydroxylation sites is 1. The lowest BCUT2D eigenvalue weighted by molar-refractivity contribution is -0.118. The highest BCUT2D eigenvalue weighted by atomic mass is 32.2. The number of carbonyl (C=O) groups excluding carboxylic acids is 1.